The number of nitrogens with zero attached hydrogens (tertiary/aromatic N) is 2. The monoisotopic (exact) mass is 302 g/mol. The molecule has 22 heavy (non-hydrogen) atoms. The van der Waals surface area contributed by atoms with Crippen LogP contribution < -0.4 is 20.3 Å². The van der Waals surface area contributed by atoms with Crippen LogP contribution in [0.3, 0.4) is 0 Å². The van der Waals surface area contributed by atoms with E-state index in [2.05, 4.69) is 14.9 Å². The van der Waals surface area contributed by atoms with E-state index in [4.69, 9.17) is 19.6 Å². The molecule has 0 radical (unpaired) electrons. The maximum Gasteiger partial charge on any atom is 0.205 e. The van der Waals surface area contributed by atoms with Gasteiger partial charge in [0.25, 0.3) is 0 Å². The van der Waals surface area contributed by atoms with Gasteiger partial charge in [0, 0.05) is 31.0 Å². The van der Waals surface area contributed by atoms with E-state index in [-0.39, 0.29) is 11.6 Å². The van der Waals surface area contributed by atoms with Crippen LogP contribution in [0.15, 0.2) is 12.1 Å². The van der Waals surface area contributed by atoms with Crippen molar-refractivity contribution in [2.45, 2.75) is 19.1 Å². The molecular weight excluding hydrogens is 284 g/mol. The lowest BCUT2D eigenvalue weighted by atomic mass is 10.2. The van der Waals surface area contributed by atoms with E-state index in [1.165, 1.54) is 0 Å². The van der Waals surface area contributed by atoms with E-state index >= 15 is 0 Å². The van der Waals surface area contributed by atoms with Crippen molar-refractivity contribution in [3.63, 3.8) is 0 Å². The standard InChI is InChI=1S/C15H18N4O3/c1-20-12-7-11-10(6-13(12)22-9-2-5-21-8-9)14(16)18-15-17-3-4-19(11)15/h6-7,9H,2-5,8H2,1H3,(H2,16,17,18). The summed E-state index contributed by atoms with van der Waals surface area (Å²) >= 11 is 0. The smallest absolute Gasteiger partial charge is 0.205 e. The SMILES string of the molecule is COc1cc2c(cc1OC1CCOC1)c(=N)nc1n2CCN1. The van der Waals surface area contributed by atoms with Gasteiger partial charge in [0.2, 0.25) is 5.95 Å². The molecule has 1 unspecified atom stereocenters. The van der Waals surface area contributed by atoms with Gasteiger partial charge in [0.15, 0.2) is 17.0 Å². The maximum absolute atomic E-state index is 8.16. The Hall–Kier alpha value is -2.28. The van der Waals surface area contributed by atoms with Crippen LogP contribution >= 0.6 is 0 Å². The summed E-state index contributed by atoms with van der Waals surface area (Å²) in [5, 5.41) is 12.1. The molecule has 1 aromatic carbocycles. The third-order valence-corrected chi connectivity index (χ3v) is 4.10. The number of aromatic nitrogens is 2. The average molecular weight is 302 g/mol. The second kappa shape index (κ2) is 5.17. The Morgan fingerprint density at radius 3 is 3.09 bits per heavy atom. The van der Waals surface area contributed by atoms with Crippen molar-refractivity contribution in [1.29, 1.82) is 5.41 Å². The first-order valence-corrected chi connectivity index (χ1v) is 7.41. The number of nitrogens with one attached hydrogen (secondary N) is 2. The van der Waals surface area contributed by atoms with Gasteiger partial charge in [-0.25, -0.2) is 0 Å². The molecule has 1 fully saturated rings. The minimum Gasteiger partial charge on any atom is -0.493 e. The molecule has 1 saturated heterocycles. The van der Waals surface area contributed by atoms with Crippen LogP contribution in [0.5, 0.6) is 11.5 Å². The summed E-state index contributed by atoms with van der Waals surface area (Å²) in [5.41, 5.74) is 1.18. The Morgan fingerprint density at radius 1 is 1.41 bits per heavy atom. The summed E-state index contributed by atoms with van der Waals surface area (Å²) in [6.45, 7) is 2.97. The Bertz CT molecular complexity index is 780. The zero-order chi connectivity index (χ0) is 15.1. The fraction of sp³-hybridized carbons (Fsp3) is 0.467. The third kappa shape index (κ3) is 2.09. The molecule has 2 aliphatic rings. The number of ether oxygens (including phenoxy) is 3. The molecule has 0 spiro atoms. The topological polar surface area (TPSA) is 81.4 Å². The number of hydrogen-bond donors (Lipinski definition) is 2. The minimum atomic E-state index is 0.0391. The number of hydrogen-bond acceptors (Lipinski definition) is 6. The Morgan fingerprint density at radius 2 is 2.32 bits per heavy atom. The molecule has 3 heterocycles. The van der Waals surface area contributed by atoms with Gasteiger partial charge in [-0.1, -0.05) is 0 Å². The molecule has 116 valence electrons. The Labute approximate surface area is 127 Å². The number of anilines is 1. The van der Waals surface area contributed by atoms with Gasteiger partial charge in [-0.15, -0.1) is 0 Å². The van der Waals surface area contributed by atoms with Crippen LogP contribution in [0.4, 0.5) is 5.95 Å². The number of methoxy groups -OCH3 is 1. The van der Waals surface area contributed by atoms with E-state index in [9.17, 15) is 0 Å². The first-order chi connectivity index (χ1) is 10.8. The normalized spacial score (nSPS) is 20.0. The largest absolute Gasteiger partial charge is 0.493 e. The van der Waals surface area contributed by atoms with Crippen molar-refractivity contribution in [1.82, 2.24) is 9.55 Å². The molecule has 1 atom stereocenters. The van der Waals surface area contributed by atoms with Crippen LogP contribution in [0, 0.1) is 5.41 Å². The summed E-state index contributed by atoms with van der Waals surface area (Å²) in [6.07, 6.45) is 0.910. The van der Waals surface area contributed by atoms with Crippen molar-refractivity contribution < 1.29 is 14.2 Å². The van der Waals surface area contributed by atoms with Crippen LogP contribution in [-0.2, 0) is 11.3 Å². The fourth-order valence-electron chi connectivity index (χ4n) is 2.98. The van der Waals surface area contributed by atoms with E-state index < -0.39 is 0 Å². The van der Waals surface area contributed by atoms with E-state index in [1.54, 1.807) is 7.11 Å². The maximum atomic E-state index is 8.16. The molecular formula is C15H18N4O3. The van der Waals surface area contributed by atoms with Crippen molar-refractivity contribution >= 4 is 16.9 Å². The highest BCUT2D eigenvalue weighted by molar-refractivity contribution is 5.83. The van der Waals surface area contributed by atoms with Crippen molar-refractivity contribution in [3.05, 3.63) is 17.6 Å². The van der Waals surface area contributed by atoms with E-state index in [1.807, 2.05) is 12.1 Å². The van der Waals surface area contributed by atoms with Crippen molar-refractivity contribution in [2.75, 3.05) is 32.2 Å². The summed E-state index contributed by atoms with van der Waals surface area (Å²) in [7, 11) is 1.63. The highest BCUT2D eigenvalue weighted by Gasteiger charge is 2.21. The summed E-state index contributed by atoms with van der Waals surface area (Å²) in [6, 6.07) is 3.78. The lowest BCUT2D eigenvalue weighted by molar-refractivity contribution is 0.139. The minimum absolute atomic E-state index is 0.0391. The summed E-state index contributed by atoms with van der Waals surface area (Å²) < 4.78 is 18.9. The number of benzene rings is 1. The number of fused-ring (bicyclic) bond motifs is 3. The average Bonchev–Trinajstić information content (AvgIpc) is 3.18. The van der Waals surface area contributed by atoms with Crippen LogP contribution in [0.25, 0.3) is 10.9 Å². The molecule has 0 amide bonds. The number of rotatable bonds is 3. The molecule has 4 rings (SSSR count). The van der Waals surface area contributed by atoms with Gasteiger partial charge >= 0.3 is 0 Å². The fourth-order valence-corrected chi connectivity index (χ4v) is 2.98. The van der Waals surface area contributed by atoms with Gasteiger partial charge in [-0.2, -0.15) is 4.98 Å². The van der Waals surface area contributed by atoms with Gasteiger partial charge in [-0.05, 0) is 6.07 Å². The Balaban J connectivity index is 1.85. The van der Waals surface area contributed by atoms with Gasteiger partial charge in [-0.3, -0.25) is 5.41 Å². The molecule has 0 saturated carbocycles. The van der Waals surface area contributed by atoms with E-state index in [0.717, 1.165) is 43.0 Å². The molecule has 1 aromatic heterocycles. The van der Waals surface area contributed by atoms with Gasteiger partial charge < -0.3 is 24.1 Å². The second-order valence-electron chi connectivity index (χ2n) is 5.49. The lowest BCUT2D eigenvalue weighted by Gasteiger charge is -2.17. The molecule has 2 N–H and O–H groups in total. The van der Waals surface area contributed by atoms with Gasteiger partial charge in [0.05, 0.1) is 25.8 Å². The summed E-state index contributed by atoms with van der Waals surface area (Å²) in [4.78, 5) is 4.31. The third-order valence-electron chi connectivity index (χ3n) is 4.10. The quantitative estimate of drug-likeness (QED) is 0.888. The zero-order valence-electron chi connectivity index (χ0n) is 12.4. The highest BCUT2D eigenvalue weighted by atomic mass is 16.6. The molecule has 0 aliphatic carbocycles. The van der Waals surface area contributed by atoms with Crippen molar-refractivity contribution in [3.8, 4) is 11.5 Å². The van der Waals surface area contributed by atoms with E-state index in [0.29, 0.717) is 18.1 Å². The summed E-state index contributed by atoms with van der Waals surface area (Å²) in [5.74, 6) is 2.05. The lowest BCUT2D eigenvalue weighted by Crippen LogP contribution is -2.17. The molecule has 7 heteroatoms. The first kappa shape index (κ1) is 13.4. The second-order valence-corrected chi connectivity index (χ2v) is 5.49. The Kier molecular flexibility index (Phi) is 3.15. The molecule has 2 aliphatic heterocycles. The zero-order valence-corrected chi connectivity index (χ0v) is 12.4. The first-order valence-electron chi connectivity index (χ1n) is 7.41. The van der Waals surface area contributed by atoms with Crippen LogP contribution in [0.1, 0.15) is 6.42 Å². The molecule has 2 aromatic rings. The van der Waals surface area contributed by atoms with Crippen molar-refractivity contribution in [2.24, 2.45) is 0 Å². The molecule has 7 nitrogen and oxygen atoms in total. The predicted octanol–water partition coefficient (Wildman–Crippen LogP) is 1.12. The molecule has 0 bridgehead atoms. The van der Waals surface area contributed by atoms with Gasteiger partial charge in [0.1, 0.15) is 6.10 Å². The highest BCUT2D eigenvalue weighted by Crippen LogP contribution is 2.33. The van der Waals surface area contributed by atoms with Crippen LogP contribution in [0.2, 0.25) is 0 Å². The predicted molar refractivity (Wildman–Crippen MR) is 80.5 cm³/mol. The van der Waals surface area contributed by atoms with Crippen LogP contribution in [-0.4, -0.2) is 42.5 Å².